The zero-order valence-electron chi connectivity index (χ0n) is 20.8. The summed E-state index contributed by atoms with van der Waals surface area (Å²) in [5.41, 5.74) is 17.7. The Morgan fingerprint density at radius 1 is 1.24 bits per heavy atom. The van der Waals surface area contributed by atoms with Gasteiger partial charge in [0.25, 0.3) is 0 Å². The fraction of sp³-hybridized carbons (Fsp3) is 0.440. The highest BCUT2D eigenvalue weighted by Gasteiger charge is 2.21. The molecule has 1 aliphatic carbocycles. The van der Waals surface area contributed by atoms with E-state index >= 15 is 0 Å². The summed E-state index contributed by atoms with van der Waals surface area (Å²) in [5.74, 6) is 1.61. The average molecular weight is 454 g/mol. The number of aromatic nitrogens is 1. The largest absolute Gasteiger partial charge is 0.494 e. The summed E-state index contributed by atoms with van der Waals surface area (Å²) in [4.78, 5) is 12.3. The molecule has 2 aromatic rings. The van der Waals surface area contributed by atoms with Crippen LogP contribution < -0.4 is 21.6 Å². The van der Waals surface area contributed by atoms with Gasteiger partial charge in [0.1, 0.15) is 23.6 Å². The zero-order valence-corrected chi connectivity index (χ0v) is 20.8. The molecule has 0 radical (unpaired) electrons. The third-order valence-corrected chi connectivity index (χ3v) is 5.09. The Hall–Kier alpha value is -3.26. The van der Waals surface area contributed by atoms with E-state index in [2.05, 4.69) is 44.3 Å². The van der Waals surface area contributed by atoms with Crippen molar-refractivity contribution in [3.8, 4) is 5.75 Å². The summed E-state index contributed by atoms with van der Waals surface area (Å²) >= 11 is 0. The maximum atomic E-state index is 5.99. The molecule has 1 aliphatic rings. The van der Waals surface area contributed by atoms with Gasteiger partial charge in [0.2, 0.25) is 0 Å². The van der Waals surface area contributed by atoms with Crippen LogP contribution in [0.1, 0.15) is 69.7 Å². The third-order valence-electron chi connectivity index (χ3n) is 5.09. The average Bonchev–Trinajstić information content (AvgIpc) is 2.79. The fourth-order valence-corrected chi connectivity index (χ4v) is 3.01. The third kappa shape index (κ3) is 8.31. The Bertz CT molecular complexity index is 911. The minimum atomic E-state index is -0.273. The van der Waals surface area contributed by atoms with E-state index in [0.717, 1.165) is 5.56 Å². The van der Waals surface area contributed by atoms with Gasteiger partial charge in [0.05, 0.1) is 7.11 Å². The SMILES string of the molecule is C=Nc1c(OC)cccc1C(N)=N/C=N\NC.CC.CC(C)(N)c1ccc(C2CCC2)nc1. The number of pyridine rings is 1. The molecule has 1 aromatic carbocycles. The Balaban J connectivity index is 0.000000311. The summed E-state index contributed by atoms with van der Waals surface area (Å²) < 4.78 is 5.16. The number of rotatable bonds is 7. The maximum absolute atomic E-state index is 5.99. The van der Waals surface area contributed by atoms with Gasteiger partial charge in [-0.1, -0.05) is 32.4 Å². The van der Waals surface area contributed by atoms with Crippen LogP contribution in [0.4, 0.5) is 5.69 Å². The van der Waals surface area contributed by atoms with E-state index < -0.39 is 0 Å². The minimum Gasteiger partial charge on any atom is -0.494 e. The van der Waals surface area contributed by atoms with Crippen molar-refractivity contribution < 1.29 is 4.74 Å². The molecule has 0 amide bonds. The maximum Gasteiger partial charge on any atom is 0.145 e. The first-order chi connectivity index (χ1) is 15.8. The standard InChI is InChI=1S/C12H18N2.C11H15N5O.C2H6/c1-12(2,13)10-6-7-11(14-8-10)9-4-3-5-9;1-13-10-8(5-4-6-9(10)17-3)11(12)15-7-16-14-2;1-2/h6-9H,3-5,13H2,1-2H3;4-7,14H,1H2,2-3H3,(H2,12,15,16);1-2H3. The summed E-state index contributed by atoms with van der Waals surface area (Å²) in [7, 11) is 3.23. The lowest BCUT2D eigenvalue weighted by Gasteiger charge is -2.25. The molecule has 1 fully saturated rings. The van der Waals surface area contributed by atoms with Gasteiger partial charge in [0.15, 0.2) is 0 Å². The van der Waals surface area contributed by atoms with Crippen LogP contribution in [0.15, 0.2) is 51.6 Å². The summed E-state index contributed by atoms with van der Waals surface area (Å²) in [5, 5.41) is 3.72. The van der Waals surface area contributed by atoms with E-state index in [1.54, 1.807) is 32.4 Å². The van der Waals surface area contributed by atoms with E-state index in [0.29, 0.717) is 28.8 Å². The Kier molecular flexibility index (Phi) is 11.8. The Labute approximate surface area is 198 Å². The molecule has 0 unspecified atom stereocenters. The second-order valence-electron chi connectivity index (χ2n) is 7.82. The number of aliphatic imine (C=N–C) groups is 2. The number of para-hydroxylation sites is 1. The fourth-order valence-electron chi connectivity index (χ4n) is 3.01. The van der Waals surface area contributed by atoms with E-state index in [1.165, 1.54) is 31.3 Å². The van der Waals surface area contributed by atoms with Crippen molar-refractivity contribution in [3.63, 3.8) is 0 Å². The number of benzene rings is 1. The summed E-state index contributed by atoms with van der Waals surface area (Å²) in [6.45, 7) is 11.5. The number of nitrogens with one attached hydrogen (secondary N) is 1. The van der Waals surface area contributed by atoms with Crippen molar-refractivity contribution in [3.05, 3.63) is 53.3 Å². The highest BCUT2D eigenvalue weighted by atomic mass is 16.5. The molecule has 33 heavy (non-hydrogen) atoms. The number of hydrazone groups is 1. The molecule has 0 aliphatic heterocycles. The van der Waals surface area contributed by atoms with Gasteiger partial charge < -0.3 is 21.6 Å². The first kappa shape index (κ1) is 27.8. The molecule has 180 valence electrons. The molecule has 5 N–H and O–H groups in total. The van der Waals surface area contributed by atoms with Crippen molar-refractivity contribution in [2.75, 3.05) is 14.2 Å². The van der Waals surface area contributed by atoms with Crippen LogP contribution in [0, 0.1) is 0 Å². The van der Waals surface area contributed by atoms with Crippen LogP contribution in [-0.2, 0) is 5.54 Å². The van der Waals surface area contributed by atoms with Gasteiger partial charge in [-0.2, -0.15) is 5.10 Å². The molecule has 1 heterocycles. The van der Waals surface area contributed by atoms with Crippen LogP contribution in [0.3, 0.4) is 0 Å². The molecule has 1 aromatic heterocycles. The van der Waals surface area contributed by atoms with E-state index in [9.17, 15) is 0 Å². The van der Waals surface area contributed by atoms with E-state index in [4.69, 9.17) is 16.2 Å². The van der Waals surface area contributed by atoms with Crippen LogP contribution in [0.25, 0.3) is 0 Å². The van der Waals surface area contributed by atoms with Crippen LogP contribution in [-0.4, -0.2) is 38.0 Å². The molecule has 0 spiro atoms. The van der Waals surface area contributed by atoms with Crippen LogP contribution in [0.5, 0.6) is 5.75 Å². The summed E-state index contributed by atoms with van der Waals surface area (Å²) in [6.07, 6.45) is 7.21. The van der Waals surface area contributed by atoms with Crippen molar-refractivity contribution >= 4 is 24.6 Å². The number of amidine groups is 1. The first-order valence-corrected chi connectivity index (χ1v) is 11.2. The molecule has 8 heteroatoms. The van der Waals surface area contributed by atoms with Gasteiger partial charge in [-0.05, 0) is 57.2 Å². The van der Waals surface area contributed by atoms with Crippen molar-refractivity contribution in [1.82, 2.24) is 10.4 Å². The zero-order chi connectivity index (χ0) is 24.9. The van der Waals surface area contributed by atoms with E-state index in [-0.39, 0.29) is 5.54 Å². The molecule has 8 nitrogen and oxygen atoms in total. The lowest BCUT2D eigenvalue weighted by Crippen LogP contribution is -2.28. The predicted molar refractivity (Wildman–Crippen MR) is 140 cm³/mol. The van der Waals surface area contributed by atoms with Gasteiger partial charge >= 0.3 is 0 Å². The number of hydrogen-bond donors (Lipinski definition) is 3. The Morgan fingerprint density at radius 2 is 1.94 bits per heavy atom. The molecular weight excluding hydrogens is 414 g/mol. The molecule has 3 rings (SSSR count). The van der Waals surface area contributed by atoms with Gasteiger partial charge in [-0.3, -0.25) is 9.98 Å². The van der Waals surface area contributed by atoms with Gasteiger partial charge in [-0.15, -0.1) is 0 Å². The number of nitrogens with zero attached hydrogens (tertiary/aromatic N) is 4. The summed E-state index contributed by atoms with van der Waals surface area (Å²) in [6, 6.07) is 9.62. The molecule has 0 atom stereocenters. The monoisotopic (exact) mass is 453 g/mol. The van der Waals surface area contributed by atoms with Gasteiger partial charge in [0, 0.05) is 36.0 Å². The second kappa shape index (κ2) is 14.0. The molecule has 1 saturated carbocycles. The smallest absolute Gasteiger partial charge is 0.145 e. The number of ether oxygens (including phenoxy) is 1. The number of nitrogens with two attached hydrogens (primary N) is 2. The molecule has 0 saturated heterocycles. The molecular formula is C25H39N7O. The normalized spacial score (nSPS) is 13.7. The number of hydrogen-bond acceptors (Lipinski definition) is 6. The topological polar surface area (TPSA) is 123 Å². The van der Waals surface area contributed by atoms with Crippen LogP contribution in [0.2, 0.25) is 0 Å². The van der Waals surface area contributed by atoms with Crippen molar-refractivity contribution in [2.24, 2.45) is 26.6 Å². The van der Waals surface area contributed by atoms with Crippen LogP contribution >= 0.6 is 0 Å². The Morgan fingerprint density at radius 3 is 2.39 bits per heavy atom. The highest BCUT2D eigenvalue weighted by Crippen LogP contribution is 2.35. The van der Waals surface area contributed by atoms with Gasteiger partial charge in [-0.25, -0.2) is 4.99 Å². The first-order valence-electron chi connectivity index (χ1n) is 11.2. The lowest BCUT2D eigenvalue weighted by molar-refractivity contribution is 0.410. The quantitative estimate of drug-likeness (QED) is 0.324. The highest BCUT2D eigenvalue weighted by molar-refractivity contribution is 6.06. The van der Waals surface area contributed by atoms with Crippen molar-refractivity contribution in [1.29, 1.82) is 0 Å². The molecule has 0 bridgehead atoms. The van der Waals surface area contributed by atoms with Crippen molar-refractivity contribution in [2.45, 2.75) is 58.4 Å². The number of methoxy groups -OCH3 is 1. The minimum absolute atomic E-state index is 0.273. The second-order valence-corrected chi connectivity index (χ2v) is 7.82. The lowest BCUT2D eigenvalue weighted by atomic mass is 9.82. The van der Waals surface area contributed by atoms with E-state index in [1.807, 2.05) is 33.9 Å². The predicted octanol–water partition coefficient (Wildman–Crippen LogP) is 4.46.